The smallest absolute Gasteiger partial charge is 0.150 e. The second-order valence-electron chi connectivity index (χ2n) is 4.53. The van der Waals surface area contributed by atoms with E-state index < -0.39 is 17.5 Å². The molecular formula is C15H10ClF3N2. The third kappa shape index (κ3) is 2.49. The van der Waals surface area contributed by atoms with Gasteiger partial charge in [-0.05, 0) is 24.3 Å². The van der Waals surface area contributed by atoms with Gasteiger partial charge in [0.05, 0.1) is 16.7 Å². The maximum atomic E-state index is 14.0. The summed E-state index contributed by atoms with van der Waals surface area (Å²) >= 11 is 5.74. The lowest BCUT2D eigenvalue weighted by molar-refractivity contribution is 0.577. The van der Waals surface area contributed by atoms with Crippen molar-refractivity contribution >= 4 is 22.6 Å². The molecule has 0 atom stereocenters. The van der Waals surface area contributed by atoms with E-state index in [1.807, 2.05) is 0 Å². The van der Waals surface area contributed by atoms with Crippen LogP contribution in [0.4, 0.5) is 13.2 Å². The Morgan fingerprint density at radius 3 is 2.43 bits per heavy atom. The first-order valence-electron chi connectivity index (χ1n) is 6.28. The molecule has 1 aromatic heterocycles. The van der Waals surface area contributed by atoms with Crippen LogP contribution in [-0.4, -0.2) is 15.4 Å². The summed E-state index contributed by atoms with van der Waals surface area (Å²) in [7, 11) is 0. The van der Waals surface area contributed by atoms with Gasteiger partial charge in [0.1, 0.15) is 23.3 Å². The molecule has 0 unspecified atom stereocenters. The molecule has 3 aromatic rings. The van der Waals surface area contributed by atoms with Crippen molar-refractivity contribution in [1.29, 1.82) is 0 Å². The molecule has 0 radical (unpaired) electrons. The zero-order valence-corrected chi connectivity index (χ0v) is 11.5. The first-order chi connectivity index (χ1) is 10.1. The molecule has 6 heteroatoms. The second kappa shape index (κ2) is 5.41. The predicted molar refractivity (Wildman–Crippen MR) is 75.4 cm³/mol. The van der Waals surface area contributed by atoms with Crippen LogP contribution < -0.4 is 0 Å². The van der Waals surface area contributed by atoms with E-state index in [0.717, 1.165) is 12.1 Å². The van der Waals surface area contributed by atoms with Gasteiger partial charge in [-0.1, -0.05) is 0 Å². The number of aryl methyl sites for hydroxylation is 1. The van der Waals surface area contributed by atoms with Crippen molar-refractivity contribution in [2.24, 2.45) is 0 Å². The number of hydrogen-bond donors (Lipinski definition) is 0. The maximum Gasteiger partial charge on any atom is 0.150 e. The van der Waals surface area contributed by atoms with Gasteiger partial charge in [-0.3, -0.25) is 4.57 Å². The predicted octanol–water partition coefficient (Wildman–Crippen LogP) is 4.22. The Hall–Kier alpha value is -2.01. The average molecular weight is 311 g/mol. The van der Waals surface area contributed by atoms with Crippen molar-refractivity contribution in [3.05, 3.63) is 59.7 Å². The highest BCUT2D eigenvalue weighted by Crippen LogP contribution is 2.25. The molecule has 1 heterocycles. The van der Waals surface area contributed by atoms with Gasteiger partial charge in [0.25, 0.3) is 0 Å². The van der Waals surface area contributed by atoms with E-state index in [2.05, 4.69) is 4.98 Å². The largest absolute Gasteiger partial charge is 0.293 e. The zero-order valence-electron chi connectivity index (χ0n) is 10.8. The Morgan fingerprint density at radius 2 is 1.71 bits per heavy atom. The molecular weight excluding hydrogens is 301 g/mol. The molecule has 0 saturated heterocycles. The van der Waals surface area contributed by atoms with Crippen LogP contribution in [-0.2, 0) is 6.42 Å². The molecule has 0 amide bonds. The van der Waals surface area contributed by atoms with Crippen LogP contribution in [0.3, 0.4) is 0 Å². The van der Waals surface area contributed by atoms with Crippen LogP contribution in [0, 0.1) is 17.5 Å². The Balaban J connectivity index is 2.30. The molecule has 0 saturated carbocycles. The minimum Gasteiger partial charge on any atom is -0.293 e. The van der Waals surface area contributed by atoms with Gasteiger partial charge in [-0.15, -0.1) is 11.6 Å². The van der Waals surface area contributed by atoms with Crippen molar-refractivity contribution in [3.63, 3.8) is 0 Å². The fraction of sp³-hybridized carbons (Fsp3) is 0.133. The quantitative estimate of drug-likeness (QED) is 0.662. The normalized spacial score (nSPS) is 11.2. The molecule has 0 fully saturated rings. The van der Waals surface area contributed by atoms with Gasteiger partial charge in [0.15, 0.2) is 0 Å². The number of rotatable bonds is 3. The number of nitrogens with zero attached hydrogens (tertiary/aromatic N) is 2. The lowest BCUT2D eigenvalue weighted by Crippen LogP contribution is -2.04. The van der Waals surface area contributed by atoms with Crippen molar-refractivity contribution < 1.29 is 13.2 Å². The van der Waals surface area contributed by atoms with E-state index in [0.29, 0.717) is 23.3 Å². The summed E-state index contributed by atoms with van der Waals surface area (Å²) in [5.41, 5.74) is 1.10. The average Bonchev–Trinajstić information content (AvgIpc) is 2.76. The van der Waals surface area contributed by atoms with Crippen LogP contribution in [0.5, 0.6) is 0 Å². The van der Waals surface area contributed by atoms with Crippen molar-refractivity contribution in [1.82, 2.24) is 9.55 Å². The standard InChI is InChI=1S/C15H10ClF3N2/c16-6-5-15-20-12-8-10(18)2-4-14(12)21(15)13-3-1-9(17)7-11(13)19/h1-4,7-8H,5-6H2. The third-order valence-electron chi connectivity index (χ3n) is 3.15. The fourth-order valence-electron chi connectivity index (χ4n) is 2.29. The number of aromatic nitrogens is 2. The number of benzene rings is 2. The van der Waals surface area contributed by atoms with Crippen LogP contribution >= 0.6 is 11.6 Å². The lowest BCUT2D eigenvalue weighted by atomic mass is 10.2. The summed E-state index contributed by atoms with van der Waals surface area (Å²) in [5.74, 6) is -1.02. The maximum absolute atomic E-state index is 14.0. The number of halogens is 4. The van der Waals surface area contributed by atoms with E-state index in [-0.39, 0.29) is 11.6 Å². The molecule has 0 N–H and O–H groups in total. The van der Waals surface area contributed by atoms with Gasteiger partial charge < -0.3 is 0 Å². The Labute approximate surface area is 123 Å². The lowest BCUT2D eigenvalue weighted by Gasteiger charge is -2.09. The monoisotopic (exact) mass is 310 g/mol. The van der Waals surface area contributed by atoms with Crippen LogP contribution in [0.1, 0.15) is 5.82 Å². The molecule has 0 aliphatic carbocycles. The van der Waals surface area contributed by atoms with Crippen molar-refractivity contribution in [3.8, 4) is 5.69 Å². The summed E-state index contributed by atoms with van der Waals surface area (Å²) in [5, 5.41) is 0. The summed E-state index contributed by atoms with van der Waals surface area (Å²) in [6.07, 6.45) is 0.384. The Kier molecular flexibility index (Phi) is 3.59. The molecule has 0 spiro atoms. The van der Waals surface area contributed by atoms with E-state index in [9.17, 15) is 13.2 Å². The first kappa shape index (κ1) is 13.9. The minimum atomic E-state index is -0.713. The molecule has 21 heavy (non-hydrogen) atoms. The summed E-state index contributed by atoms with van der Waals surface area (Å²) in [6.45, 7) is 0. The zero-order chi connectivity index (χ0) is 15.0. The Morgan fingerprint density at radius 1 is 1.00 bits per heavy atom. The Bertz CT molecular complexity index is 814. The number of alkyl halides is 1. The van der Waals surface area contributed by atoms with Gasteiger partial charge in [0, 0.05) is 24.4 Å². The summed E-state index contributed by atoms with van der Waals surface area (Å²) in [6, 6.07) is 7.34. The van der Waals surface area contributed by atoms with Crippen LogP contribution in [0.15, 0.2) is 36.4 Å². The molecule has 2 aromatic carbocycles. The SMILES string of the molecule is Fc1ccc(-n2c(CCCl)nc3cc(F)ccc32)c(F)c1. The van der Waals surface area contributed by atoms with Crippen molar-refractivity contribution in [2.45, 2.75) is 6.42 Å². The highest BCUT2D eigenvalue weighted by Gasteiger charge is 2.16. The van der Waals surface area contributed by atoms with E-state index in [4.69, 9.17) is 11.6 Å². The topological polar surface area (TPSA) is 17.8 Å². The molecule has 0 aliphatic rings. The van der Waals surface area contributed by atoms with Crippen molar-refractivity contribution in [2.75, 3.05) is 5.88 Å². The number of hydrogen-bond acceptors (Lipinski definition) is 1. The third-order valence-corrected chi connectivity index (χ3v) is 3.34. The van der Waals surface area contributed by atoms with E-state index >= 15 is 0 Å². The van der Waals surface area contributed by atoms with Gasteiger partial charge in [-0.25, -0.2) is 18.2 Å². The highest BCUT2D eigenvalue weighted by atomic mass is 35.5. The first-order valence-corrected chi connectivity index (χ1v) is 6.82. The second-order valence-corrected chi connectivity index (χ2v) is 4.91. The van der Waals surface area contributed by atoms with Crippen LogP contribution in [0.2, 0.25) is 0 Å². The number of imidazole rings is 1. The molecule has 3 rings (SSSR count). The molecule has 0 bridgehead atoms. The van der Waals surface area contributed by atoms with Crippen LogP contribution in [0.25, 0.3) is 16.7 Å². The molecule has 0 aliphatic heterocycles. The van der Waals surface area contributed by atoms with E-state index in [1.165, 1.54) is 28.8 Å². The van der Waals surface area contributed by atoms with Gasteiger partial charge in [-0.2, -0.15) is 0 Å². The van der Waals surface area contributed by atoms with E-state index in [1.54, 1.807) is 0 Å². The minimum absolute atomic E-state index is 0.158. The summed E-state index contributed by atoms with van der Waals surface area (Å²) < 4.78 is 41.9. The molecule has 2 nitrogen and oxygen atoms in total. The van der Waals surface area contributed by atoms with Gasteiger partial charge in [0.2, 0.25) is 0 Å². The summed E-state index contributed by atoms with van der Waals surface area (Å²) in [4.78, 5) is 4.28. The highest BCUT2D eigenvalue weighted by molar-refractivity contribution is 6.17. The number of fused-ring (bicyclic) bond motifs is 1. The fourth-order valence-corrected chi connectivity index (χ4v) is 2.46. The molecule has 108 valence electrons. The van der Waals surface area contributed by atoms with Gasteiger partial charge >= 0.3 is 0 Å².